The average Bonchev–Trinajstić information content (AvgIpc) is 2.68. The SMILES string of the molecule is CCOc1cc(C(F)(F)F)c(OC(C)C)c(NC(N)=O)c1OCc1ccc(OC)cc1. The molecular weight excluding hydrogens is 417 g/mol. The molecule has 0 unspecified atom stereocenters. The lowest BCUT2D eigenvalue weighted by Gasteiger charge is -2.24. The highest BCUT2D eigenvalue weighted by Crippen LogP contribution is 2.50. The fraction of sp³-hybridized carbons (Fsp3) is 0.381. The van der Waals surface area contributed by atoms with Crippen LogP contribution in [0.3, 0.4) is 0 Å². The van der Waals surface area contributed by atoms with Crippen molar-refractivity contribution >= 4 is 11.7 Å². The number of alkyl halides is 3. The molecule has 0 saturated carbocycles. The summed E-state index contributed by atoms with van der Waals surface area (Å²) in [6, 6.07) is 6.60. The van der Waals surface area contributed by atoms with Crippen LogP contribution in [-0.2, 0) is 12.8 Å². The van der Waals surface area contributed by atoms with Crippen LogP contribution < -0.4 is 30.0 Å². The Labute approximate surface area is 178 Å². The number of halogens is 3. The lowest BCUT2D eigenvalue weighted by molar-refractivity contribution is -0.139. The monoisotopic (exact) mass is 442 g/mol. The summed E-state index contributed by atoms with van der Waals surface area (Å²) in [6.07, 6.45) is -5.40. The highest BCUT2D eigenvalue weighted by atomic mass is 19.4. The number of methoxy groups -OCH3 is 1. The van der Waals surface area contributed by atoms with E-state index in [2.05, 4.69) is 5.32 Å². The number of carbonyl (C=O) groups is 1. The fourth-order valence-electron chi connectivity index (χ4n) is 2.71. The highest BCUT2D eigenvalue weighted by Gasteiger charge is 2.39. The predicted octanol–water partition coefficient (Wildman–Crippen LogP) is 4.97. The Hall–Kier alpha value is -3.30. The van der Waals surface area contributed by atoms with Gasteiger partial charge < -0.3 is 30.0 Å². The molecule has 2 aromatic rings. The molecule has 0 atom stereocenters. The van der Waals surface area contributed by atoms with E-state index in [0.29, 0.717) is 11.3 Å². The van der Waals surface area contributed by atoms with Crippen molar-refractivity contribution in [2.75, 3.05) is 19.0 Å². The Morgan fingerprint density at radius 3 is 2.26 bits per heavy atom. The predicted molar refractivity (Wildman–Crippen MR) is 109 cm³/mol. The molecule has 0 heterocycles. The van der Waals surface area contributed by atoms with Crippen molar-refractivity contribution in [3.8, 4) is 23.0 Å². The van der Waals surface area contributed by atoms with E-state index in [1.54, 1.807) is 45.0 Å². The Morgan fingerprint density at radius 1 is 1.13 bits per heavy atom. The number of hydrogen-bond donors (Lipinski definition) is 2. The number of rotatable bonds is 9. The van der Waals surface area contributed by atoms with Crippen molar-refractivity contribution in [3.63, 3.8) is 0 Å². The lowest BCUT2D eigenvalue weighted by atomic mass is 10.1. The van der Waals surface area contributed by atoms with Crippen LogP contribution >= 0.6 is 0 Å². The van der Waals surface area contributed by atoms with E-state index in [1.807, 2.05) is 0 Å². The molecular formula is C21H25F3N2O5. The number of ether oxygens (including phenoxy) is 4. The second-order valence-electron chi connectivity index (χ2n) is 6.68. The van der Waals surface area contributed by atoms with E-state index >= 15 is 0 Å². The number of primary amides is 1. The van der Waals surface area contributed by atoms with Gasteiger partial charge in [0, 0.05) is 6.07 Å². The van der Waals surface area contributed by atoms with Crippen molar-refractivity contribution in [1.82, 2.24) is 0 Å². The van der Waals surface area contributed by atoms with Gasteiger partial charge in [-0.25, -0.2) is 4.79 Å². The lowest BCUT2D eigenvalue weighted by Crippen LogP contribution is -2.23. The number of nitrogens with one attached hydrogen (secondary N) is 1. The fourth-order valence-corrected chi connectivity index (χ4v) is 2.71. The maximum absolute atomic E-state index is 13.8. The van der Waals surface area contributed by atoms with Crippen LogP contribution in [0, 0.1) is 0 Å². The third kappa shape index (κ3) is 6.34. The van der Waals surface area contributed by atoms with Gasteiger partial charge in [0.05, 0.1) is 19.8 Å². The Morgan fingerprint density at radius 2 is 1.77 bits per heavy atom. The summed E-state index contributed by atoms with van der Waals surface area (Å²) in [7, 11) is 1.53. The number of nitrogens with two attached hydrogens (primary N) is 1. The smallest absolute Gasteiger partial charge is 0.420 e. The first-order valence-corrected chi connectivity index (χ1v) is 9.46. The van der Waals surface area contributed by atoms with Crippen molar-refractivity contribution in [2.24, 2.45) is 5.73 Å². The molecule has 2 aromatic carbocycles. The maximum Gasteiger partial charge on any atom is 0.420 e. The molecule has 0 aliphatic heterocycles. The first kappa shape index (κ1) is 24.0. The van der Waals surface area contributed by atoms with Gasteiger partial charge in [0.15, 0.2) is 17.2 Å². The minimum Gasteiger partial charge on any atom is -0.497 e. The summed E-state index contributed by atoms with van der Waals surface area (Å²) in [5.41, 5.74) is 4.45. The normalized spacial score (nSPS) is 11.2. The van der Waals surface area contributed by atoms with Crippen LogP contribution in [0.5, 0.6) is 23.0 Å². The van der Waals surface area contributed by atoms with Gasteiger partial charge in [-0.05, 0) is 38.5 Å². The molecule has 0 bridgehead atoms. The molecule has 0 saturated heterocycles. The molecule has 7 nitrogen and oxygen atoms in total. The van der Waals surface area contributed by atoms with E-state index in [4.69, 9.17) is 24.7 Å². The molecule has 2 rings (SSSR count). The molecule has 0 radical (unpaired) electrons. The molecule has 0 aliphatic carbocycles. The Balaban J connectivity index is 2.61. The van der Waals surface area contributed by atoms with Crippen molar-refractivity contribution in [3.05, 3.63) is 41.5 Å². The Bertz CT molecular complexity index is 899. The zero-order valence-electron chi connectivity index (χ0n) is 17.6. The first-order chi connectivity index (χ1) is 14.6. The summed E-state index contributed by atoms with van der Waals surface area (Å²) in [5, 5.41) is 2.20. The molecule has 0 aromatic heterocycles. The summed E-state index contributed by atoms with van der Waals surface area (Å²) < 4.78 is 63.0. The van der Waals surface area contributed by atoms with Crippen LogP contribution in [0.2, 0.25) is 0 Å². The van der Waals surface area contributed by atoms with E-state index in [1.165, 1.54) is 7.11 Å². The van der Waals surface area contributed by atoms with Crippen LogP contribution in [0.4, 0.5) is 23.7 Å². The largest absolute Gasteiger partial charge is 0.497 e. The third-order valence-electron chi connectivity index (χ3n) is 3.95. The number of anilines is 1. The van der Waals surface area contributed by atoms with Crippen molar-refractivity contribution < 1.29 is 36.9 Å². The van der Waals surface area contributed by atoms with Crippen molar-refractivity contribution in [1.29, 1.82) is 0 Å². The number of hydrogen-bond acceptors (Lipinski definition) is 5. The minimum atomic E-state index is -4.78. The number of amides is 2. The van der Waals surface area contributed by atoms with Gasteiger partial charge in [0.2, 0.25) is 0 Å². The summed E-state index contributed by atoms with van der Waals surface area (Å²) in [6.45, 7) is 4.77. The zero-order chi connectivity index (χ0) is 23.2. The van der Waals surface area contributed by atoms with Gasteiger partial charge in [-0.2, -0.15) is 13.2 Å². The zero-order valence-corrected chi connectivity index (χ0v) is 17.6. The van der Waals surface area contributed by atoms with E-state index in [9.17, 15) is 18.0 Å². The molecule has 31 heavy (non-hydrogen) atoms. The molecule has 170 valence electrons. The number of urea groups is 1. The molecule has 10 heteroatoms. The van der Waals surface area contributed by atoms with Crippen LogP contribution in [0.25, 0.3) is 0 Å². The van der Waals surface area contributed by atoms with E-state index in [0.717, 1.165) is 6.07 Å². The van der Waals surface area contributed by atoms with Gasteiger partial charge >= 0.3 is 12.2 Å². The maximum atomic E-state index is 13.8. The van der Waals surface area contributed by atoms with Gasteiger partial charge in [-0.1, -0.05) is 12.1 Å². The topological polar surface area (TPSA) is 92.0 Å². The quantitative estimate of drug-likeness (QED) is 0.572. The molecule has 0 aliphatic rings. The molecule has 0 spiro atoms. The summed E-state index contributed by atoms with van der Waals surface area (Å²) >= 11 is 0. The molecule has 0 fully saturated rings. The summed E-state index contributed by atoms with van der Waals surface area (Å²) in [4.78, 5) is 11.6. The van der Waals surface area contributed by atoms with Gasteiger partial charge in [-0.15, -0.1) is 0 Å². The standard InChI is InChI=1S/C21H25F3N2O5/c1-5-29-16-10-15(21(22,23)24)18(31-12(2)3)17(26-20(25)27)19(16)30-11-13-6-8-14(28-4)9-7-13/h6-10,12H,5,11H2,1-4H3,(H3,25,26,27). The second-order valence-corrected chi connectivity index (χ2v) is 6.68. The van der Waals surface area contributed by atoms with Gasteiger partial charge in [-0.3, -0.25) is 0 Å². The molecule has 2 amide bonds. The highest BCUT2D eigenvalue weighted by molar-refractivity contribution is 5.93. The number of carbonyl (C=O) groups excluding carboxylic acids is 1. The van der Waals surface area contributed by atoms with Gasteiger partial charge in [0.1, 0.15) is 23.6 Å². The van der Waals surface area contributed by atoms with E-state index in [-0.39, 0.29) is 30.4 Å². The Kier molecular flexibility index (Phi) is 7.84. The second kappa shape index (κ2) is 10.1. The van der Waals surface area contributed by atoms with Crippen LogP contribution in [0.1, 0.15) is 31.9 Å². The third-order valence-corrected chi connectivity index (χ3v) is 3.95. The summed E-state index contributed by atoms with van der Waals surface area (Å²) in [5.74, 6) is -0.296. The van der Waals surface area contributed by atoms with Crippen LogP contribution in [0.15, 0.2) is 30.3 Å². The first-order valence-electron chi connectivity index (χ1n) is 9.46. The molecule has 3 N–H and O–H groups in total. The number of benzene rings is 2. The average molecular weight is 442 g/mol. The van der Waals surface area contributed by atoms with E-state index < -0.39 is 29.6 Å². The van der Waals surface area contributed by atoms with Gasteiger partial charge in [0.25, 0.3) is 0 Å². The van der Waals surface area contributed by atoms with Crippen molar-refractivity contribution in [2.45, 2.75) is 39.7 Å². The minimum absolute atomic E-state index is 0.0238. The van der Waals surface area contributed by atoms with Crippen LogP contribution in [-0.4, -0.2) is 25.9 Å².